The van der Waals surface area contributed by atoms with Crippen molar-refractivity contribution < 1.29 is 19.1 Å². The average Bonchev–Trinajstić information content (AvgIpc) is 2.70. The minimum absolute atomic E-state index is 0.00984. The quantitative estimate of drug-likeness (QED) is 0.732. The van der Waals surface area contributed by atoms with Gasteiger partial charge in [0, 0.05) is 0 Å². The first-order chi connectivity index (χ1) is 11.5. The lowest BCUT2D eigenvalue weighted by Gasteiger charge is -2.44. The van der Waals surface area contributed by atoms with Gasteiger partial charge in [-0.05, 0) is 59.6 Å². The molecule has 1 aliphatic rings. The van der Waals surface area contributed by atoms with Crippen LogP contribution in [0.25, 0.3) is 0 Å². The molecule has 1 unspecified atom stereocenters. The van der Waals surface area contributed by atoms with Crippen LogP contribution in [0.5, 0.6) is 0 Å². The van der Waals surface area contributed by atoms with Crippen molar-refractivity contribution in [2.24, 2.45) is 0 Å². The van der Waals surface area contributed by atoms with Gasteiger partial charge in [-0.2, -0.15) is 5.06 Å². The van der Waals surface area contributed by atoms with Crippen LogP contribution in [0.1, 0.15) is 59.6 Å². The lowest BCUT2D eigenvalue weighted by molar-refractivity contribution is -0.322. The molecule has 0 amide bonds. The largest absolute Gasteiger partial charge is 0.467 e. The van der Waals surface area contributed by atoms with Crippen molar-refractivity contribution in [3.63, 3.8) is 0 Å². The zero-order valence-corrected chi connectivity index (χ0v) is 16.7. The molecule has 1 atom stereocenters. The standard InChI is InChI=1S/C20H31NO4/c1-14(2)24-13-20(7,17(22)23-8)25-21-18(3,4)15-11-9-10-12-16(15)19(21,5)6/h9-12,14H,13H2,1-8H3. The van der Waals surface area contributed by atoms with Crippen molar-refractivity contribution in [1.29, 1.82) is 0 Å². The van der Waals surface area contributed by atoms with E-state index >= 15 is 0 Å². The molecule has 1 aromatic carbocycles. The summed E-state index contributed by atoms with van der Waals surface area (Å²) in [6.07, 6.45) is -0.00984. The number of methoxy groups -OCH3 is 1. The molecule has 0 aliphatic carbocycles. The lowest BCUT2D eigenvalue weighted by atomic mass is 9.91. The zero-order chi connectivity index (χ0) is 19.0. The summed E-state index contributed by atoms with van der Waals surface area (Å²) in [5.74, 6) is -0.448. The molecule has 25 heavy (non-hydrogen) atoms. The van der Waals surface area contributed by atoms with Crippen molar-refractivity contribution in [3.8, 4) is 0 Å². The Kier molecular flexibility index (Phi) is 5.34. The number of carbonyl (C=O) groups excluding carboxylic acids is 1. The Morgan fingerprint density at radius 3 is 2.00 bits per heavy atom. The first-order valence-corrected chi connectivity index (χ1v) is 8.76. The highest BCUT2D eigenvalue weighted by atomic mass is 16.7. The molecule has 0 fully saturated rings. The third-order valence-corrected chi connectivity index (χ3v) is 4.86. The van der Waals surface area contributed by atoms with E-state index in [4.69, 9.17) is 14.3 Å². The highest BCUT2D eigenvalue weighted by Gasteiger charge is 2.54. The Labute approximate surface area is 151 Å². The number of hydroxylamine groups is 2. The van der Waals surface area contributed by atoms with Gasteiger partial charge in [0.25, 0.3) is 0 Å². The third kappa shape index (κ3) is 3.46. The molecule has 140 valence electrons. The summed E-state index contributed by atoms with van der Waals surface area (Å²) in [4.78, 5) is 18.8. The van der Waals surface area contributed by atoms with Gasteiger partial charge in [0.1, 0.15) is 0 Å². The lowest BCUT2D eigenvalue weighted by Crippen LogP contribution is -2.55. The Bertz CT molecular complexity index is 603. The summed E-state index contributed by atoms with van der Waals surface area (Å²) in [6.45, 7) is 14.1. The maximum atomic E-state index is 12.5. The van der Waals surface area contributed by atoms with Crippen LogP contribution in [0, 0.1) is 0 Å². The Morgan fingerprint density at radius 1 is 1.12 bits per heavy atom. The molecule has 5 heteroatoms. The fourth-order valence-corrected chi connectivity index (χ4v) is 3.56. The highest BCUT2D eigenvalue weighted by molar-refractivity contribution is 5.79. The molecule has 0 radical (unpaired) electrons. The molecular weight excluding hydrogens is 318 g/mol. The van der Waals surface area contributed by atoms with Gasteiger partial charge in [0.05, 0.1) is 30.9 Å². The molecule has 0 aromatic heterocycles. The molecule has 1 aliphatic heterocycles. The van der Waals surface area contributed by atoms with Gasteiger partial charge in [-0.25, -0.2) is 4.79 Å². The van der Waals surface area contributed by atoms with Crippen molar-refractivity contribution in [1.82, 2.24) is 5.06 Å². The summed E-state index contributed by atoms with van der Waals surface area (Å²) in [7, 11) is 1.37. The van der Waals surface area contributed by atoms with Crippen molar-refractivity contribution >= 4 is 5.97 Å². The van der Waals surface area contributed by atoms with Crippen LogP contribution in [0.3, 0.4) is 0 Å². The minimum Gasteiger partial charge on any atom is -0.467 e. The SMILES string of the molecule is COC(=O)C(C)(COC(C)C)ON1C(C)(C)c2ccccc2C1(C)C. The summed E-state index contributed by atoms with van der Waals surface area (Å²) in [5, 5.41) is 1.91. The summed E-state index contributed by atoms with van der Waals surface area (Å²) in [6, 6.07) is 8.28. The van der Waals surface area contributed by atoms with Crippen LogP contribution in [0.15, 0.2) is 24.3 Å². The van der Waals surface area contributed by atoms with Gasteiger partial charge in [-0.15, -0.1) is 0 Å². The van der Waals surface area contributed by atoms with Crippen LogP contribution < -0.4 is 0 Å². The van der Waals surface area contributed by atoms with Crippen molar-refractivity contribution in [2.75, 3.05) is 13.7 Å². The molecule has 1 heterocycles. The minimum atomic E-state index is -1.23. The van der Waals surface area contributed by atoms with Gasteiger partial charge >= 0.3 is 5.97 Å². The number of benzene rings is 1. The molecule has 2 rings (SSSR count). The number of carbonyl (C=O) groups is 1. The molecule has 0 saturated carbocycles. The van der Waals surface area contributed by atoms with Crippen LogP contribution in [0.2, 0.25) is 0 Å². The van der Waals surface area contributed by atoms with Crippen molar-refractivity contribution in [3.05, 3.63) is 35.4 Å². The number of hydrogen-bond acceptors (Lipinski definition) is 5. The molecule has 1 aromatic rings. The Balaban J connectivity index is 2.40. The first kappa shape index (κ1) is 19.9. The number of esters is 1. The second kappa shape index (κ2) is 6.71. The topological polar surface area (TPSA) is 48.0 Å². The van der Waals surface area contributed by atoms with E-state index in [1.807, 2.05) is 31.0 Å². The summed E-state index contributed by atoms with van der Waals surface area (Å²) < 4.78 is 10.7. The van der Waals surface area contributed by atoms with Crippen LogP contribution >= 0.6 is 0 Å². The monoisotopic (exact) mass is 349 g/mol. The number of fused-ring (bicyclic) bond motifs is 1. The number of hydrogen-bond donors (Lipinski definition) is 0. The predicted octanol–water partition coefficient (Wildman–Crippen LogP) is 3.76. The number of nitrogens with zero attached hydrogens (tertiary/aromatic N) is 1. The fraction of sp³-hybridized carbons (Fsp3) is 0.650. The van der Waals surface area contributed by atoms with Gasteiger partial charge in [-0.3, -0.25) is 4.84 Å². The van der Waals surface area contributed by atoms with Crippen molar-refractivity contribution in [2.45, 2.75) is 71.2 Å². The van der Waals surface area contributed by atoms with E-state index in [0.29, 0.717) is 0 Å². The van der Waals surface area contributed by atoms with E-state index in [1.165, 1.54) is 18.2 Å². The molecule has 0 bridgehead atoms. The Morgan fingerprint density at radius 2 is 1.60 bits per heavy atom. The van der Waals surface area contributed by atoms with E-state index in [-0.39, 0.29) is 12.7 Å². The summed E-state index contributed by atoms with van der Waals surface area (Å²) >= 11 is 0. The molecule has 0 spiro atoms. The molecular formula is C20H31NO4. The van der Waals surface area contributed by atoms with E-state index in [0.717, 1.165) is 0 Å². The maximum absolute atomic E-state index is 12.5. The van der Waals surface area contributed by atoms with E-state index in [2.05, 4.69) is 39.8 Å². The second-order valence-corrected chi connectivity index (χ2v) is 8.13. The van der Waals surface area contributed by atoms with Crippen LogP contribution in [0.4, 0.5) is 0 Å². The van der Waals surface area contributed by atoms with Crippen LogP contribution in [-0.2, 0) is 30.2 Å². The summed E-state index contributed by atoms with van der Waals surface area (Å²) in [5.41, 5.74) is 0.365. The van der Waals surface area contributed by atoms with Gasteiger partial charge < -0.3 is 9.47 Å². The number of ether oxygens (including phenoxy) is 2. The maximum Gasteiger partial charge on any atom is 0.342 e. The highest BCUT2D eigenvalue weighted by Crippen LogP contribution is 2.50. The molecule has 5 nitrogen and oxygen atoms in total. The molecule has 0 N–H and O–H groups in total. The van der Waals surface area contributed by atoms with Crippen LogP contribution in [-0.4, -0.2) is 36.5 Å². The fourth-order valence-electron chi connectivity index (χ4n) is 3.56. The van der Waals surface area contributed by atoms with Gasteiger partial charge in [0.15, 0.2) is 0 Å². The zero-order valence-electron chi connectivity index (χ0n) is 16.7. The first-order valence-electron chi connectivity index (χ1n) is 8.76. The predicted molar refractivity (Wildman–Crippen MR) is 96.9 cm³/mol. The van der Waals surface area contributed by atoms with Gasteiger partial charge in [0.2, 0.25) is 5.60 Å². The third-order valence-electron chi connectivity index (χ3n) is 4.86. The van der Waals surface area contributed by atoms with E-state index in [1.54, 1.807) is 6.92 Å². The van der Waals surface area contributed by atoms with E-state index < -0.39 is 22.6 Å². The van der Waals surface area contributed by atoms with Gasteiger partial charge in [-0.1, -0.05) is 24.3 Å². The van der Waals surface area contributed by atoms with E-state index in [9.17, 15) is 4.79 Å². The molecule has 0 saturated heterocycles. The average molecular weight is 349 g/mol. The normalized spacial score (nSPS) is 21.0. The Hall–Kier alpha value is -1.43. The number of rotatable bonds is 6. The smallest absolute Gasteiger partial charge is 0.342 e. The second-order valence-electron chi connectivity index (χ2n) is 8.13.